The van der Waals surface area contributed by atoms with Gasteiger partial charge in [0, 0.05) is 29.0 Å². The van der Waals surface area contributed by atoms with E-state index in [0.29, 0.717) is 53.3 Å². The van der Waals surface area contributed by atoms with E-state index in [0.717, 1.165) is 25.7 Å². The van der Waals surface area contributed by atoms with Crippen molar-refractivity contribution in [3.8, 4) is 0 Å². The maximum Gasteiger partial charge on any atom is 0.339 e. The number of carbonyl (C=O) groups is 2. The highest BCUT2D eigenvalue weighted by atomic mass is 79.9. The van der Waals surface area contributed by atoms with Crippen molar-refractivity contribution in [2.24, 2.45) is 0 Å². The molecule has 1 aliphatic carbocycles. The maximum absolute atomic E-state index is 12.4. The molecular formula is C36H56Br6O4. The van der Waals surface area contributed by atoms with Gasteiger partial charge in [-0.05, 0) is 63.5 Å². The zero-order chi connectivity index (χ0) is 34.2. The molecule has 1 aromatic carbocycles. The Hall–Kier alpha value is 1.04. The Balaban J connectivity index is 0.000000506. The van der Waals surface area contributed by atoms with Crippen LogP contribution in [-0.2, 0) is 9.47 Å². The van der Waals surface area contributed by atoms with Crippen molar-refractivity contribution in [1.82, 2.24) is 0 Å². The number of esters is 2. The van der Waals surface area contributed by atoms with E-state index >= 15 is 0 Å². The van der Waals surface area contributed by atoms with Crippen LogP contribution in [0.2, 0.25) is 0 Å². The Bertz CT molecular complexity index is 824. The quantitative estimate of drug-likeness (QED) is 0.0941. The third kappa shape index (κ3) is 20.7. The average Bonchev–Trinajstić information content (AvgIpc) is 3.06. The van der Waals surface area contributed by atoms with Crippen LogP contribution in [0.1, 0.15) is 150 Å². The molecule has 0 spiro atoms. The summed E-state index contributed by atoms with van der Waals surface area (Å²) in [6.07, 6.45) is 20.9. The van der Waals surface area contributed by atoms with E-state index in [4.69, 9.17) is 9.47 Å². The van der Waals surface area contributed by atoms with Gasteiger partial charge in [-0.15, -0.1) is 0 Å². The Kier molecular flexibility index (Phi) is 28.1. The lowest BCUT2D eigenvalue weighted by atomic mass is 10.0. The van der Waals surface area contributed by atoms with Crippen LogP contribution in [0.3, 0.4) is 0 Å². The van der Waals surface area contributed by atoms with Crippen molar-refractivity contribution in [3.63, 3.8) is 0 Å². The highest BCUT2D eigenvalue weighted by Gasteiger charge is 2.26. The van der Waals surface area contributed by atoms with Gasteiger partial charge in [0.1, 0.15) is 0 Å². The molecule has 6 unspecified atom stereocenters. The number of carbonyl (C=O) groups excluding carboxylic acids is 2. The number of unbranched alkanes of at least 4 members (excludes halogenated alkanes) is 10. The standard InChI is InChI=1S/C24H38O4.C12H18Br6/c1-3-5-7-9-11-15-19-27-23(25)21-17-13-14-18-22(21)24(26)28-20-16-12-10-8-6-4-2;13-7-1-2-8(14)10(16)5-6-12(18)11(17)4-3-9(7)15/h13-14,17-18H,3-12,15-16,19-20H2,1-2H3;7-12H,1-6H2. The number of ether oxygens (including phenoxy) is 2. The minimum Gasteiger partial charge on any atom is -0.462 e. The monoisotopic (exact) mass is 1030 g/mol. The van der Waals surface area contributed by atoms with Gasteiger partial charge in [0.25, 0.3) is 0 Å². The van der Waals surface area contributed by atoms with Crippen LogP contribution in [0.4, 0.5) is 0 Å². The first-order valence-corrected chi connectivity index (χ1v) is 22.9. The zero-order valence-corrected chi connectivity index (χ0v) is 37.3. The summed E-state index contributed by atoms with van der Waals surface area (Å²) < 4.78 is 10.7. The molecule has 1 fully saturated rings. The number of alkyl halides is 6. The molecule has 266 valence electrons. The third-order valence-corrected chi connectivity index (χ3v) is 16.9. The Morgan fingerprint density at radius 3 is 1.04 bits per heavy atom. The molecule has 1 saturated carbocycles. The normalized spacial score (nSPS) is 24.1. The molecule has 4 nitrogen and oxygen atoms in total. The molecule has 1 aromatic rings. The van der Waals surface area contributed by atoms with Crippen molar-refractivity contribution >= 4 is 108 Å². The Labute approximate surface area is 330 Å². The van der Waals surface area contributed by atoms with Crippen molar-refractivity contribution in [3.05, 3.63) is 35.4 Å². The molecule has 6 atom stereocenters. The molecule has 0 aliphatic heterocycles. The highest BCUT2D eigenvalue weighted by Crippen LogP contribution is 2.34. The molecule has 0 radical (unpaired) electrons. The summed E-state index contributed by atoms with van der Waals surface area (Å²) in [4.78, 5) is 28.1. The van der Waals surface area contributed by atoms with Gasteiger partial charge in [0.2, 0.25) is 0 Å². The van der Waals surface area contributed by atoms with Crippen LogP contribution in [0, 0.1) is 0 Å². The second-order valence-corrected chi connectivity index (χ2v) is 19.2. The Morgan fingerprint density at radius 2 is 0.761 bits per heavy atom. The predicted octanol–water partition coefficient (Wildman–Crippen LogP) is 13.6. The lowest BCUT2D eigenvalue weighted by Gasteiger charge is -2.25. The predicted molar refractivity (Wildman–Crippen MR) is 218 cm³/mol. The molecule has 0 aromatic heterocycles. The molecule has 46 heavy (non-hydrogen) atoms. The first-order chi connectivity index (χ1) is 22.1. The minimum absolute atomic E-state index is 0.293. The van der Waals surface area contributed by atoms with Crippen LogP contribution in [0.15, 0.2) is 24.3 Å². The van der Waals surface area contributed by atoms with Crippen molar-refractivity contribution in [2.45, 2.75) is 158 Å². The molecule has 2 rings (SSSR count). The summed E-state index contributed by atoms with van der Waals surface area (Å²) in [5.74, 6) is -0.888. The molecular weight excluding hydrogens is 976 g/mol. The highest BCUT2D eigenvalue weighted by molar-refractivity contribution is 9.13. The number of benzene rings is 1. The van der Waals surface area contributed by atoms with Crippen molar-refractivity contribution in [2.75, 3.05) is 13.2 Å². The largest absolute Gasteiger partial charge is 0.462 e. The fourth-order valence-electron chi connectivity index (χ4n) is 5.13. The molecule has 10 heteroatoms. The van der Waals surface area contributed by atoms with Crippen molar-refractivity contribution in [1.29, 1.82) is 0 Å². The summed E-state index contributed by atoms with van der Waals surface area (Å²) in [5, 5.41) is 0. The van der Waals surface area contributed by atoms with E-state index in [1.165, 1.54) is 89.9 Å². The van der Waals surface area contributed by atoms with E-state index in [9.17, 15) is 9.59 Å². The van der Waals surface area contributed by atoms with Gasteiger partial charge >= 0.3 is 11.9 Å². The fraction of sp³-hybridized carbons (Fsp3) is 0.778. The minimum atomic E-state index is -0.444. The number of rotatable bonds is 16. The number of hydrogen-bond acceptors (Lipinski definition) is 4. The zero-order valence-electron chi connectivity index (χ0n) is 27.8. The van der Waals surface area contributed by atoms with Gasteiger partial charge in [-0.1, -0.05) is 186 Å². The van der Waals surface area contributed by atoms with Gasteiger partial charge in [0.05, 0.1) is 24.3 Å². The first-order valence-electron chi connectivity index (χ1n) is 17.4. The van der Waals surface area contributed by atoms with Crippen LogP contribution in [0.5, 0.6) is 0 Å². The van der Waals surface area contributed by atoms with E-state index in [1.54, 1.807) is 24.3 Å². The third-order valence-electron chi connectivity index (χ3n) is 8.16. The Morgan fingerprint density at radius 1 is 0.500 bits per heavy atom. The van der Waals surface area contributed by atoms with Gasteiger partial charge in [-0.2, -0.15) is 0 Å². The van der Waals surface area contributed by atoms with E-state index in [-0.39, 0.29) is 0 Å². The van der Waals surface area contributed by atoms with E-state index in [1.807, 2.05) is 0 Å². The van der Waals surface area contributed by atoms with Crippen LogP contribution in [-0.4, -0.2) is 54.1 Å². The van der Waals surface area contributed by atoms with Gasteiger partial charge in [-0.25, -0.2) is 9.59 Å². The van der Waals surface area contributed by atoms with E-state index < -0.39 is 11.9 Å². The van der Waals surface area contributed by atoms with Gasteiger partial charge in [0.15, 0.2) is 0 Å². The summed E-state index contributed by atoms with van der Waals surface area (Å²) >= 11 is 22.9. The molecule has 0 saturated heterocycles. The van der Waals surface area contributed by atoms with Crippen LogP contribution >= 0.6 is 95.6 Å². The van der Waals surface area contributed by atoms with Gasteiger partial charge < -0.3 is 9.47 Å². The molecule has 0 heterocycles. The average molecular weight is 1030 g/mol. The topological polar surface area (TPSA) is 52.6 Å². The second kappa shape index (κ2) is 28.7. The summed E-state index contributed by atoms with van der Waals surface area (Å²) in [6, 6.07) is 6.74. The summed E-state index contributed by atoms with van der Waals surface area (Å²) in [6.45, 7) is 5.17. The summed E-state index contributed by atoms with van der Waals surface area (Å²) in [7, 11) is 0. The SMILES string of the molecule is BrC1CCC(Br)C(Br)CCC(Br)C(Br)CCC1Br.CCCCCCCCOC(=O)c1ccccc1C(=O)OCCCCCCCC. The fourth-order valence-corrected chi connectivity index (χ4v) is 8.30. The van der Waals surface area contributed by atoms with E-state index in [2.05, 4.69) is 109 Å². The number of hydrogen-bond donors (Lipinski definition) is 0. The first kappa shape index (κ1) is 45.1. The second-order valence-electron chi connectivity index (χ2n) is 12.2. The summed E-state index contributed by atoms with van der Waals surface area (Å²) in [5.41, 5.74) is 0.586. The van der Waals surface area contributed by atoms with Gasteiger partial charge in [-0.3, -0.25) is 0 Å². The maximum atomic E-state index is 12.4. The molecule has 0 N–H and O–H groups in total. The van der Waals surface area contributed by atoms with Crippen LogP contribution < -0.4 is 0 Å². The molecule has 0 amide bonds. The molecule has 1 aliphatic rings. The molecule has 0 bridgehead atoms. The van der Waals surface area contributed by atoms with Crippen molar-refractivity contribution < 1.29 is 19.1 Å². The van der Waals surface area contributed by atoms with Crippen LogP contribution in [0.25, 0.3) is 0 Å². The number of halogens is 6. The lowest BCUT2D eigenvalue weighted by molar-refractivity contribution is 0.0450. The lowest BCUT2D eigenvalue weighted by Crippen LogP contribution is -2.25. The smallest absolute Gasteiger partial charge is 0.339 e.